The van der Waals surface area contributed by atoms with Crippen molar-refractivity contribution in [3.8, 4) is 46.5 Å². The number of rotatable bonds is 11. The summed E-state index contributed by atoms with van der Waals surface area (Å²) >= 11 is 0. The second-order valence-corrected chi connectivity index (χ2v) is 11.0. The molecule has 0 bridgehead atoms. The van der Waals surface area contributed by atoms with Gasteiger partial charge in [-0.1, -0.05) is 23.4 Å². The van der Waals surface area contributed by atoms with E-state index >= 15 is 0 Å². The van der Waals surface area contributed by atoms with Gasteiger partial charge in [-0.3, -0.25) is 0 Å². The van der Waals surface area contributed by atoms with E-state index < -0.39 is 5.97 Å². The smallest absolute Gasteiger partial charge is 0.338 e. The Kier molecular flexibility index (Phi) is 9.23. The van der Waals surface area contributed by atoms with E-state index in [9.17, 15) is 15.3 Å². The predicted molar refractivity (Wildman–Crippen MR) is 162 cm³/mol. The molecule has 1 aliphatic rings. The molecule has 1 atom stereocenters. The van der Waals surface area contributed by atoms with Crippen LogP contribution in [0.2, 0.25) is 0 Å². The van der Waals surface area contributed by atoms with E-state index in [1.54, 1.807) is 30.3 Å². The zero-order valence-corrected chi connectivity index (χ0v) is 25.1. The van der Waals surface area contributed by atoms with E-state index in [-0.39, 0.29) is 24.9 Å². The Balaban J connectivity index is 1.21. The van der Waals surface area contributed by atoms with Crippen LogP contribution in [-0.2, 0) is 11.2 Å². The third-order valence-electron chi connectivity index (χ3n) is 7.07. The molecule has 0 saturated heterocycles. The summed E-state index contributed by atoms with van der Waals surface area (Å²) in [5.41, 5.74) is 4.81. The van der Waals surface area contributed by atoms with Crippen LogP contribution in [0.5, 0.6) is 11.5 Å². The second kappa shape index (κ2) is 13.4. The summed E-state index contributed by atoms with van der Waals surface area (Å²) in [7, 11) is 0. The van der Waals surface area contributed by atoms with E-state index in [1.807, 2.05) is 39.8 Å². The monoisotopic (exact) mass is 591 g/mol. The number of nitriles is 2. The standard InChI is InChI=1S/C34H33N5O5/c1-20(2)42-30-12-8-22(16-24(30)18-35)33-38-32(39-44-33)28-7-5-6-27-26(28)10-11-29(27)37-14-15-41-34(40)23-9-13-31(43-21(3)4)25(17-23)19-36/h5-9,12-13,16-17,20-21,29,37H,10-11,14-15H2,1-4H3/t29-/m0/s1. The van der Waals surface area contributed by atoms with Crippen LogP contribution in [0.3, 0.4) is 0 Å². The van der Waals surface area contributed by atoms with Crippen LogP contribution in [0.15, 0.2) is 59.1 Å². The van der Waals surface area contributed by atoms with Crippen molar-refractivity contribution in [1.82, 2.24) is 15.5 Å². The Hall–Kier alpha value is -5.19. The lowest BCUT2D eigenvalue weighted by atomic mass is 10.0. The van der Waals surface area contributed by atoms with Crippen molar-refractivity contribution in [3.05, 3.63) is 82.4 Å². The average molecular weight is 592 g/mol. The van der Waals surface area contributed by atoms with Crippen LogP contribution < -0.4 is 14.8 Å². The van der Waals surface area contributed by atoms with Crippen molar-refractivity contribution in [2.24, 2.45) is 0 Å². The Morgan fingerprint density at radius 1 is 1.00 bits per heavy atom. The number of esters is 1. The Morgan fingerprint density at radius 3 is 2.41 bits per heavy atom. The molecule has 0 amide bonds. The van der Waals surface area contributed by atoms with Crippen molar-refractivity contribution in [2.45, 2.75) is 58.8 Å². The summed E-state index contributed by atoms with van der Waals surface area (Å²) in [6.45, 7) is 8.20. The quantitative estimate of drug-likeness (QED) is 0.159. The lowest BCUT2D eigenvalue weighted by Gasteiger charge is -2.15. The molecule has 0 saturated carbocycles. The number of fused-ring (bicyclic) bond motifs is 1. The summed E-state index contributed by atoms with van der Waals surface area (Å²) in [6, 6.07) is 20.3. The fraction of sp³-hybridized carbons (Fsp3) is 0.324. The minimum absolute atomic E-state index is 0.0524. The molecule has 224 valence electrons. The predicted octanol–water partition coefficient (Wildman–Crippen LogP) is 6.16. The molecule has 0 radical (unpaired) electrons. The number of nitrogens with zero attached hydrogens (tertiary/aromatic N) is 4. The number of carbonyl (C=O) groups is 1. The lowest BCUT2D eigenvalue weighted by Crippen LogP contribution is -2.25. The Labute approximate surface area is 256 Å². The van der Waals surface area contributed by atoms with Gasteiger partial charge in [0.25, 0.3) is 5.89 Å². The molecule has 1 aromatic heterocycles. The maximum atomic E-state index is 12.6. The summed E-state index contributed by atoms with van der Waals surface area (Å²) in [6.07, 6.45) is 1.56. The molecule has 1 aliphatic carbocycles. The zero-order valence-electron chi connectivity index (χ0n) is 25.1. The van der Waals surface area contributed by atoms with Crippen LogP contribution in [0.1, 0.15) is 72.8 Å². The van der Waals surface area contributed by atoms with Gasteiger partial charge in [-0.15, -0.1) is 0 Å². The molecule has 0 aliphatic heterocycles. The molecule has 3 aromatic carbocycles. The maximum Gasteiger partial charge on any atom is 0.338 e. The Morgan fingerprint density at radius 2 is 1.70 bits per heavy atom. The normalized spacial score (nSPS) is 13.8. The number of aromatic nitrogens is 2. The van der Waals surface area contributed by atoms with Crippen LogP contribution in [0, 0.1) is 22.7 Å². The minimum Gasteiger partial charge on any atom is -0.490 e. The van der Waals surface area contributed by atoms with Gasteiger partial charge in [0.05, 0.1) is 28.9 Å². The van der Waals surface area contributed by atoms with Crippen LogP contribution in [-0.4, -0.2) is 41.5 Å². The number of hydrogen-bond donors (Lipinski definition) is 1. The fourth-order valence-electron chi connectivity index (χ4n) is 5.19. The van der Waals surface area contributed by atoms with E-state index in [2.05, 4.69) is 33.7 Å². The fourth-order valence-corrected chi connectivity index (χ4v) is 5.19. The van der Waals surface area contributed by atoms with Crippen LogP contribution in [0.4, 0.5) is 0 Å². The van der Waals surface area contributed by atoms with Crippen LogP contribution in [0.25, 0.3) is 22.8 Å². The first kappa shape index (κ1) is 30.3. The third kappa shape index (κ3) is 6.72. The highest BCUT2D eigenvalue weighted by Gasteiger charge is 2.26. The van der Waals surface area contributed by atoms with Crippen molar-refractivity contribution >= 4 is 5.97 Å². The summed E-state index contributed by atoms with van der Waals surface area (Å²) in [4.78, 5) is 17.2. The second-order valence-electron chi connectivity index (χ2n) is 11.0. The SMILES string of the molecule is CC(C)Oc1ccc(C(=O)OCCN[C@H]2CCc3c(-c4noc(-c5ccc(OC(C)C)c(C#N)c5)n4)cccc32)cc1C#N. The molecule has 0 fully saturated rings. The summed E-state index contributed by atoms with van der Waals surface area (Å²) in [5, 5.41) is 26.7. The van der Waals surface area contributed by atoms with Gasteiger partial charge >= 0.3 is 5.97 Å². The number of ether oxygens (including phenoxy) is 3. The highest BCUT2D eigenvalue weighted by Crippen LogP contribution is 2.37. The topological polar surface area (TPSA) is 143 Å². The van der Waals surface area contributed by atoms with Crippen LogP contribution >= 0.6 is 0 Å². The largest absolute Gasteiger partial charge is 0.490 e. The van der Waals surface area contributed by atoms with E-state index in [4.69, 9.17) is 18.7 Å². The van der Waals surface area contributed by atoms with Gasteiger partial charge in [-0.05, 0) is 88.1 Å². The van der Waals surface area contributed by atoms with Crippen molar-refractivity contribution in [3.63, 3.8) is 0 Å². The Bertz CT molecular complexity index is 1750. The number of hydrogen-bond acceptors (Lipinski definition) is 10. The molecule has 4 aromatic rings. The molecule has 1 heterocycles. The molecular weight excluding hydrogens is 558 g/mol. The van der Waals surface area contributed by atoms with Crippen molar-refractivity contribution in [1.29, 1.82) is 10.5 Å². The van der Waals surface area contributed by atoms with Crippen molar-refractivity contribution in [2.75, 3.05) is 13.2 Å². The first-order chi connectivity index (χ1) is 21.3. The molecule has 5 rings (SSSR count). The molecule has 0 unspecified atom stereocenters. The van der Waals surface area contributed by atoms with Gasteiger partial charge in [0, 0.05) is 23.7 Å². The van der Waals surface area contributed by atoms with Gasteiger partial charge in [0.2, 0.25) is 5.82 Å². The molecule has 44 heavy (non-hydrogen) atoms. The number of nitrogens with one attached hydrogen (secondary N) is 1. The minimum atomic E-state index is -0.495. The summed E-state index contributed by atoms with van der Waals surface area (Å²) in [5.74, 6) is 1.26. The van der Waals surface area contributed by atoms with Gasteiger partial charge in [-0.2, -0.15) is 15.5 Å². The number of carbonyl (C=O) groups excluding carboxylic acids is 1. The van der Waals surface area contributed by atoms with E-state index in [1.165, 1.54) is 6.07 Å². The molecule has 1 N–H and O–H groups in total. The molecule has 0 spiro atoms. The summed E-state index contributed by atoms with van der Waals surface area (Å²) < 4.78 is 22.4. The maximum absolute atomic E-state index is 12.6. The van der Waals surface area contributed by atoms with E-state index in [0.29, 0.717) is 52.0 Å². The molecule has 10 heteroatoms. The van der Waals surface area contributed by atoms with Gasteiger partial charge in [0.1, 0.15) is 30.2 Å². The van der Waals surface area contributed by atoms with Crippen molar-refractivity contribution < 1.29 is 23.5 Å². The molecular formula is C34H33N5O5. The van der Waals surface area contributed by atoms with Gasteiger partial charge in [0.15, 0.2) is 0 Å². The highest BCUT2D eigenvalue weighted by molar-refractivity contribution is 5.90. The van der Waals surface area contributed by atoms with E-state index in [0.717, 1.165) is 29.5 Å². The number of benzene rings is 3. The first-order valence-electron chi connectivity index (χ1n) is 14.6. The third-order valence-corrected chi connectivity index (χ3v) is 7.07. The lowest BCUT2D eigenvalue weighted by molar-refractivity contribution is 0.0505. The van der Waals surface area contributed by atoms with Gasteiger partial charge in [-0.25, -0.2) is 4.79 Å². The van der Waals surface area contributed by atoms with Gasteiger partial charge < -0.3 is 24.1 Å². The zero-order chi connectivity index (χ0) is 31.2. The average Bonchev–Trinajstić information content (AvgIpc) is 3.67. The highest BCUT2D eigenvalue weighted by atomic mass is 16.5. The first-order valence-corrected chi connectivity index (χ1v) is 14.6. The molecule has 10 nitrogen and oxygen atoms in total.